The van der Waals surface area contributed by atoms with Crippen LogP contribution in [0.3, 0.4) is 0 Å². The van der Waals surface area contributed by atoms with Crippen molar-refractivity contribution >= 4 is 11.5 Å². The fraction of sp³-hybridized carbons (Fsp3) is 0.643. The second kappa shape index (κ2) is 4.70. The molecule has 6 heteroatoms. The van der Waals surface area contributed by atoms with Crippen molar-refractivity contribution in [1.29, 1.82) is 0 Å². The minimum absolute atomic E-state index is 0.164. The monoisotopic (exact) mass is 273 g/mol. The van der Waals surface area contributed by atoms with Crippen LogP contribution in [-0.4, -0.2) is 37.6 Å². The van der Waals surface area contributed by atoms with Gasteiger partial charge in [-0.3, -0.25) is 0 Å². The normalized spacial score (nSPS) is 26.2. The summed E-state index contributed by atoms with van der Waals surface area (Å²) in [7, 11) is 0. The average molecular weight is 273 g/mol. The van der Waals surface area contributed by atoms with Gasteiger partial charge in [-0.2, -0.15) is 4.52 Å². The number of aliphatic hydroxyl groups excluding tert-OH is 1. The lowest BCUT2D eigenvalue weighted by atomic mass is 10.1. The van der Waals surface area contributed by atoms with Crippen LogP contribution in [-0.2, 0) is 0 Å². The van der Waals surface area contributed by atoms with E-state index in [9.17, 15) is 5.11 Å². The van der Waals surface area contributed by atoms with E-state index in [0.717, 1.165) is 43.1 Å². The summed E-state index contributed by atoms with van der Waals surface area (Å²) in [5.41, 5.74) is 0.804. The highest BCUT2D eigenvalue weighted by Crippen LogP contribution is 2.38. The molecule has 0 bridgehead atoms. The third-order valence-corrected chi connectivity index (χ3v) is 4.39. The maximum Gasteiger partial charge on any atom is 0.178 e. The zero-order valence-electron chi connectivity index (χ0n) is 11.4. The van der Waals surface area contributed by atoms with E-state index >= 15 is 0 Å². The highest BCUT2D eigenvalue weighted by molar-refractivity contribution is 5.44. The summed E-state index contributed by atoms with van der Waals surface area (Å²) in [6.07, 6.45) is 5.36. The van der Waals surface area contributed by atoms with Gasteiger partial charge in [-0.1, -0.05) is 6.42 Å². The Morgan fingerprint density at radius 3 is 2.85 bits per heavy atom. The first-order valence-electron chi connectivity index (χ1n) is 7.45. The minimum atomic E-state index is -0.164. The minimum Gasteiger partial charge on any atom is -0.393 e. The topological polar surface area (TPSA) is 75.3 Å². The standard InChI is InChI=1S/C14H19N5O/c20-11-3-1-2-10(11)8-15-12-6-7-13-16-17-14(9-4-5-9)19(13)18-12/h6-7,9-11,20H,1-5,8H2,(H,15,18). The summed E-state index contributed by atoms with van der Waals surface area (Å²) < 4.78 is 1.85. The Labute approximate surface area is 117 Å². The molecule has 20 heavy (non-hydrogen) atoms. The molecule has 0 aliphatic heterocycles. The summed E-state index contributed by atoms with van der Waals surface area (Å²) in [4.78, 5) is 0. The van der Waals surface area contributed by atoms with Gasteiger partial charge in [0.25, 0.3) is 0 Å². The molecule has 2 saturated carbocycles. The van der Waals surface area contributed by atoms with Crippen LogP contribution in [0.2, 0.25) is 0 Å². The van der Waals surface area contributed by atoms with Crippen molar-refractivity contribution in [3.8, 4) is 0 Å². The quantitative estimate of drug-likeness (QED) is 0.884. The molecule has 2 aromatic heterocycles. The maximum absolute atomic E-state index is 9.85. The molecule has 0 saturated heterocycles. The Bertz CT molecular complexity index is 621. The van der Waals surface area contributed by atoms with Crippen molar-refractivity contribution in [3.05, 3.63) is 18.0 Å². The number of hydrogen-bond acceptors (Lipinski definition) is 5. The number of hydrogen-bond donors (Lipinski definition) is 2. The first kappa shape index (κ1) is 12.1. The van der Waals surface area contributed by atoms with Gasteiger partial charge in [-0.15, -0.1) is 15.3 Å². The van der Waals surface area contributed by atoms with E-state index in [1.807, 2.05) is 16.6 Å². The van der Waals surface area contributed by atoms with Crippen LogP contribution in [0.4, 0.5) is 5.82 Å². The molecule has 2 aromatic rings. The molecule has 6 nitrogen and oxygen atoms in total. The van der Waals surface area contributed by atoms with Crippen molar-refractivity contribution in [2.75, 3.05) is 11.9 Å². The summed E-state index contributed by atoms with van der Waals surface area (Å²) in [5.74, 6) is 2.68. The van der Waals surface area contributed by atoms with Gasteiger partial charge in [-0.25, -0.2) is 0 Å². The molecule has 0 radical (unpaired) electrons. The molecular formula is C14H19N5O. The Hall–Kier alpha value is -1.69. The van der Waals surface area contributed by atoms with Crippen molar-refractivity contribution in [3.63, 3.8) is 0 Å². The Morgan fingerprint density at radius 1 is 1.20 bits per heavy atom. The summed E-state index contributed by atoms with van der Waals surface area (Å²) in [6, 6.07) is 3.88. The molecule has 4 rings (SSSR count). The van der Waals surface area contributed by atoms with Crippen LogP contribution in [0.25, 0.3) is 5.65 Å². The fourth-order valence-electron chi connectivity index (χ4n) is 2.99. The first-order chi connectivity index (χ1) is 9.81. The largest absolute Gasteiger partial charge is 0.393 e. The van der Waals surface area contributed by atoms with Gasteiger partial charge >= 0.3 is 0 Å². The van der Waals surface area contributed by atoms with Crippen molar-refractivity contribution in [2.45, 2.75) is 44.1 Å². The molecule has 0 aromatic carbocycles. The van der Waals surface area contributed by atoms with Gasteiger partial charge in [0.1, 0.15) is 5.82 Å². The third-order valence-electron chi connectivity index (χ3n) is 4.39. The van der Waals surface area contributed by atoms with E-state index in [4.69, 9.17) is 0 Å². The Morgan fingerprint density at radius 2 is 2.10 bits per heavy atom. The van der Waals surface area contributed by atoms with E-state index < -0.39 is 0 Å². The lowest BCUT2D eigenvalue weighted by Gasteiger charge is -2.15. The molecule has 2 fully saturated rings. The smallest absolute Gasteiger partial charge is 0.178 e. The Balaban J connectivity index is 1.52. The van der Waals surface area contributed by atoms with Gasteiger partial charge in [0.05, 0.1) is 6.10 Å². The summed E-state index contributed by atoms with van der Waals surface area (Å²) in [5, 5.41) is 26.1. The van der Waals surface area contributed by atoms with Gasteiger partial charge in [0.15, 0.2) is 11.5 Å². The summed E-state index contributed by atoms with van der Waals surface area (Å²) >= 11 is 0. The second-order valence-electron chi connectivity index (χ2n) is 5.96. The Kier molecular flexibility index (Phi) is 2.84. The maximum atomic E-state index is 9.85. The van der Waals surface area contributed by atoms with E-state index in [1.165, 1.54) is 12.8 Å². The predicted molar refractivity (Wildman–Crippen MR) is 74.6 cm³/mol. The summed E-state index contributed by atoms with van der Waals surface area (Å²) in [6.45, 7) is 0.778. The SMILES string of the molecule is OC1CCCC1CNc1ccc2nnc(C3CC3)n2n1. The first-order valence-corrected chi connectivity index (χ1v) is 7.45. The number of nitrogens with one attached hydrogen (secondary N) is 1. The zero-order valence-corrected chi connectivity index (χ0v) is 11.4. The highest BCUT2D eigenvalue weighted by atomic mass is 16.3. The third kappa shape index (κ3) is 2.14. The van der Waals surface area contributed by atoms with Gasteiger partial charge in [0, 0.05) is 18.4 Å². The molecule has 2 unspecified atom stereocenters. The molecule has 2 aliphatic rings. The molecule has 0 amide bonds. The van der Waals surface area contributed by atoms with Crippen molar-refractivity contribution < 1.29 is 5.11 Å². The number of anilines is 1. The molecule has 2 aliphatic carbocycles. The molecule has 2 atom stereocenters. The number of nitrogens with zero attached hydrogens (tertiary/aromatic N) is 4. The van der Waals surface area contributed by atoms with Crippen molar-refractivity contribution in [2.24, 2.45) is 5.92 Å². The van der Waals surface area contributed by atoms with E-state index in [2.05, 4.69) is 20.6 Å². The number of aromatic nitrogens is 4. The number of fused-ring (bicyclic) bond motifs is 1. The molecule has 106 valence electrons. The number of rotatable bonds is 4. The van der Waals surface area contributed by atoms with E-state index in [1.54, 1.807) is 0 Å². The van der Waals surface area contributed by atoms with Gasteiger partial charge in [-0.05, 0) is 37.8 Å². The lowest BCUT2D eigenvalue weighted by molar-refractivity contribution is 0.138. The fourth-order valence-corrected chi connectivity index (χ4v) is 2.99. The number of aliphatic hydroxyl groups is 1. The van der Waals surface area contributed by atoms with Crippen LogP contribution in [0.15, 0.2) is 12.1 Å². The predicted octanol–water partition coefficient (Wildman–Crippen LogP) is 1.57. The molecule has 0 spiro atoms. The van der Waals surface area contributed by atoms with Crippen LogP contribution in [0.1, 0.15) is 43.8 Å². The highest BCUT2D eigenvalue weighted by Gasteiger charge is 2.29. The van der Waals surface area contributed by atoms with Crippen molar-refractivity contribution in [1.82, 2.24) is 19.8 Å². The van der Waals surface area contributed by atoms with Gasteiger partial charge in [0.2, 0.25) is 0 Å². The van der Waals surface area contributed by atoms with Crippen LogP contribution in [0, 0.1) is 5.92 Å². The molecular weight excluding hydrogens is 254 g/mol. The zero-order chi connectivity index (χ0) is 13.5. The lowest BCUT2D eigenvalue weighted by Crippen LogP contribution is -2.22. The van der Waals surface area contributed by atoms with Crippen LogP contribution in [0.5, 0.6) is 0 Å². The van der Waals surface area contributed by atoms with Crippen LogP contribution < -0.4 is 5.32 Å². The second-order valence-corrected chi connectivity index (χ2v) is 5.96. The molecule has 2 heterocycles. The molecule has 2 N–H and O–H groups in total. The van der Waals surface area contributed by atoms with Crippen LogP contribution >= 0.6 is 0 Å². The van der Waals surface area contributed by atoms with E-state index in [0.29, 0.717) is 11.8 Å². The van der Waals surface area contributed by atoms with Gasteiger partial charge < -0.3 is 10.4 Å². The average Bonchev–Trinajstić information content (AvgIpc) is 3.09. The van der Waals surface area contributed by atoms with E-state index in [-0.39, 0.29) is 6.10 Å².